The van der Waals surface area contributed by atoms with Crippen molar-refractivity contribution in [3.05, 3.63) is 76.6 Å². The minimum Gasteiger partial charge on any atom is -0.481 e. The lowest BCUT2D eigenvalue weighted by Crippen LogP contribution is -2.43. The van der Waals surface area contributed by atoms with Gasteiger partial charge in [-0.15, -0.1) is 15.3 Å². The van der Waals surface area contributed by atoms with Gasteiger partial charge in [0.15, 0.2) is 5.82 Å². The summed E-state index contributed by atoms with van der Waals surface area (Å²) < 4.78 is 0. The number of aromatic nitrogens is 4. The van der Waals surface area contributed by atoms with Crippen molar-refractivity contribution < 1.29 is 48.6 Å². The minimum absolute atomic E-state index is 0.0130. The van der Waals surface area contributed by atoms with E-state index in [1.54, 1.807) is 41.3 Å². The Morgan fingerprint density at radius 3 is 1.40 bits per heavy atom. The predicted molar refractivity (Wildman–Crippen MR) is 210 cm³/mol. The molecule has 0 spiro atoms. The number of carbonyl (C=O) groups excluding carboxylic acids is 6. The Morgan fingerprint density at radius 2 is 1.03 bits per heavy atom. The fourth-order valence-corrected chi connectivity index (χ4v) is 5.15. The van der Waals surface area contributed by atoms with E-state index in [4.69, 9.17) is 10.2 Å². The average Bonchev–Trinajstić information content (AvgIpc) is 3.91. The highest BCUT2D eigenvalue weighted by molar-refractivity contribution is 6.02. The minimum atomic E-state index is -1.26. The van der Waals surface area contributed by atoms with E-state index in [2.05, 4.69) is 57.3 Å². The number of carboxylic acid groups (broad SMARTS) is 2. The van der Waals surface area contributed by atoms with E-state index >= 15 is 0 Å². The average molecular weight is 834 g/mol. The van der Waals surface area contributed by atoms with Gasteiger partial charge in [0.05, 0.1) is 18.6 Å². The smallest absolute Gasteiger partial charge is 0.312 e. The Balaban J connectivity index is 0.000000324. The second-order valence-electron chi connectivity index (χ2n) is 13.1. The second-order valence-corrected chi connectivity index (χ2v) is 13.1. The molecule has 3 aromatic rings. The summed E-state index contributed by atoms with van der Waals surface area (Å²) >= 11 is 0. The molecule has 0 atom stereocenters. The lowest BCUT2D eigenvalue weighted by Gasteiger charge is -2.23. The summed E-state index contributed by atoms with van der Waals surface area (Å²) in [6, 6.07) is 14.1. The number of rotatable bonds is 22. The highest BCUT2D eigenvalue weighted by Crippen LogP contribution is 2.09. The lowest BCUT2D eigenvalue weighted by molar-refractivity contribution is -0.142. The Hall–Kier alpha value is -7.46. The number of H-pyrrole nitrogens is 1. The number of aryl methyl sites for hydroxylation is 2. The summed E-state index contributed by atoms with van der Waals surface area (Å²) in [4.78, 5) is 96.5. The van der Waals surface area contributed by atoms with Crippen molar-refractivity contribution in [2.24, 2.45) is 15.4 Å². The second kappa shape index (κ2) is 25.0. The van der Waals surface area contributed by atoms with Gasteiger partial charge in [-0.1, -0.05) is 40.6 Å². The van der Waals surface area contributed by atoms with Crippen LogP contribution in [0.15, 0.2) is 64.0 Å². The molecule has 2 heterocycles. The third-order valence-corrected chi connectivity index (χ3v) is 8.19. The topological polar surface area (TPSA) is 323 Å². The molecule has 0 unspecified atom stereocenters. The Bertz CT molecular complexity index is 1970. The van der Waals surface area contributed by atoms with Gasteiger partial charge in [0.2, 0.25) is 23.6 Å². The van der Waals surface area contributed by atoms with E-state index in [0.717, 1.165) is 11.1 Å². The molecule has 60 heavy (non-hydrogen) atoms. The zero-order valence-electron chi connectivity index (χ0n) is 33.0. The van der Waals surface area contributed by atoms with Gasteiger partial charge < -0.3 is 41.3 Å². The van der Waals surface area contributed by atoms with Crippen molar-refractivity contribution in [2.75, 3.05) is 58.9 Å². The maximum Gasteiger partial charge on any atom is 0.312 e. The Morgan fingerprint density at radius 1 is 0.617 bits per heavy atom. The predicted octanol–water partition coefficient (Wildman–Crippen LogP) is -0.744. The normalized spacial score (nSPS) is 11.3. The van der Waals surface area contributed by atoms with E-state index in [-0.39, 0.29) is 94.7 Å². The van der Waals surface area contributed by atoms with Gasteiger partial charge >= 0.3 is 11.9 Å². The van der Waals surface area contributed by atoms with E-state index in [1.807, 2.05) is 26.0 Å². The Labute approximate surface area is 343 Å². The highest BCUT2D eigenvalue weighted by Gasteiger charge is 2.19. The molecule has 0 saturated carbocycles. The molecule has 1 aliphatic heterocycles. The molecule has 0 radical (unpaired) electrons. The number of aromatic amines is 1. The molecule has 2 aromatic carbocycles. The van der Waals surface area contributed by atoms with E-state index in [1.165, 1.54) is 4.90 Å². The molecule has 23 heteroatoms. The maximum atomic E-state index is 13.0. The fraction of sp³-hybridized carbons (Fsp3) is 0.405. The molecule has 7 N–H and O–H groups in total. The quantitative estimate of drug-likeness (QED) is 0.0614. The Kier molecular flexibility index (Phi) is 19.6. The van der Waals surface area contributed by atoms with Gasteiger partial charge in [0.1, 0.15) is 19.4 Å². The SMILES string of the molecule is Cc1ccc(C(=O)N(CCNC(=O)CC(=O)O)CCNC(=O)CC(=O)O)cc1.Cc1ccc(C(=O)N(CCNC(=O)CC2=NN=NC2)CCNC(=O)Cc2nn[nH]n2)cc1. The molecular weight excluding hydrogens is 786 g/mol. The number of aliphatic carboxylic acids is 2. The number of carboxylic acids is 2. The van der Waals surface area contributed by atoms with Crippen molar-refractivity contribution in [1.29, 1.82) is 0 Å². The number of tetrazole rings is 1. The number of nitrogens with one attached hydrogen (secondary N) is 5. The molecule has 320 valence electrons. The van der Waals surface area contributed by atoms with Gasteiger partial charge in [0, 0.05) is 63.5 Å². The lowest BCUT2D eigenvalue weighted by atomic mass is 10.1. The molecule has 0 bridgehead atoms. The van der Waals surface area contributed by atoms with Crippen LogP contribution < -0.4 is 21.3 Å². The molecule has 6 amide bonds. The third-order valence-electron chi connectivity index (χ3n) is 8.19. The van der Waals surface area contributed by atoms with Crippen LogP contribution in [0.3, 0.4) is 0 Å². The third kappa shape index (κ3) is 18.2. The first-order chi connectivity index (χ1) is 28.7. The number of nitrogens with zero attached hydrogens (tertiary/aromatic N) is 8. The van der Waals surface area contributed by atoms with Crippen LogP contribution in [0, 0.1) is 13.8 Å². The van der Waals surface area contributed by atoms with Crippen LogP contribution in [-0.2, 0) is 35.2 Å². The summed E-state index contributed by atoms with van der Waals surface area (Å²) in [6.07, 6.45) is -1.24. The van der Waals surface area contributed by atoms with E-state index < -0.39 is 36.6 Å². The van der Waals surface area contributed by atoms with Crippen LogP contribution in [0.4, 0.5) is 0 Å². The summed E-state index contributed by atoms with van der Waals surface area (Å²) in [5.41, 5.74) is 3.56. The zero-order chi connectivity index (χ0) is 43.9. The van der Waals surface area contributed by atoms with Crippen molar-refractivity contribution in [2.45, 2.75) is 39.5 Å². The number of benzene rings is 2. The number of carbonyl (C=O) groups is 8. The molecule has 4 rings (SSSR count). The first kappa shape index (κ1) is 46.9. The standard InChI is InChI=1S/C19H24N10O3.C18H23N3O7/c1-13-2-4-14(5-3-13)19(32)29(8-6-20-17(30)10-15-12-22-26-23-15)9-7-21-18(31)11-16-24-27-28-25-16;1-12-2-4-13(5-3-12)18(28)21(8-6-19-14(22)10-16(24)25)9-7-20-15(23)11-17(26)27/h2-5H,6-12H2,1H3,(H,20,30)(H,21,31)(H,24,25,27,28);2-5H,6-11H2,1H3,(H,19,22)(H,20,23)(H,24,25)(H,26,27). The summed E-state index contributed by atoms with van der Waals surface area (Å²) in [6.45, 7) is 5.44. The van der Waals surface area contributed by atoms with Crippen LogP contribution in [0.2, 0.25) is 0 Å². The molecule has 23 nitrogen and oxygen atoms in total. The van der Waals surface area contributed by atoms with Gasteiger partial charge in [-0.25, -0.2) is 0 Å². The number of amides is 6. The van der Waals surface area contributed by atoms with Crippen LogP contribution in [0.5, 0.6) is 0 Å². The van der Waals surface area contributed by atoms with Crippen LogP contribution >= 0.6 is 0 Å². The maximum absolute atomic E-state index is 13.0. The summed E-state index contributed by atoms with van der Waals surface area (Å²) in [5.74, 6) is -4.61. The van der Waals surface area contributed by atoms with Crippen LogP contribution in [0.25, 0.3) is 0 Å². The molecule has 0 saturated heterocycles. The summed E-state index contributed by atoms with van der Waals surface area (Å²) in [5, 5.41) is 51.6. The van der Waals surface area contributed by atoms with Crippen molar-refractivity contribution in [3.63, 3.8) is 0 Å². The van der Waals surface area contributed by atoms with E-state index in [0.29, 0.717) is 23.4 Å². The molecule has 1 aromatic heterocycles. The molecule has 0 aliphatic carbocycles. The van der Waals surface area contributed by atoms with Crippen molar-refractivity contribution in [3.8, 4) is 0 Å². The monoisotopic (exact) mass is 833 g/mol. The fourth-order valence-electron chi connectivity index (χ4n) is 5.15. The van der Waals surface area contributed by atoms with Gasteiger partial charge in [0.25, 0.3) is 11.8 Å². The van der Waals surface area contributed by atoms with Crippen molar-refractivity contribution >= 4 is 53.1 Å². The summed E-state index contributed by atoms with van der Waals surface area (Å²) in [7, 11) is 0. The number of hydrogen-bond donors (Lipinski definition) is 7. The molecular formula is C37H47N13O10. The molecule has 1 aliphatic rings. The molecule has 0 fully saturated rings. The van der Waals surface area contributed by atoms with Gasteiger partial charge in [-0.3, -0.25) is 38.4 Å². The van der Waals surface area contributed by atoms with Gasteiger partial charge in [-0.2, -0.15) is 10.3 Å². The largest absolute Gasteiger partial charge is 0.481 e. The first-order valence-corrected chi connectivity index (χ1v) is 18.6. The number of hydrogen-bond acceptors (Lipinski definition) is 14. The van der Waals surface area contributed by atoms with E-state index in [9.17, 15) is 38.4 Å². The van der Waals surface area contributed by atoms with Crippen LogP contribution in [-0.4, -0.2) is 153 Å². The highest BCUT2D eigenvalue weighted by atomic mass is 16.4. The van der Waals surface area contributed by atoms with Gasteiger partial charge in [-0.05, 0) is 43.3 Å². The first-order valence-electron chi connectivity index (χ1n) is 18.6. The van der Waals surface area contributed by atoms with Crippen molar-refractivity contribution in [1.82, 2.24) is 51.7 Å². The van der Waals surface area contributed by atoms with Crippen LogP contribution in [0.1, 0.15) is 56.9 Å². The zero-order valence-corrected chi connectivity index (χ0v) is 33.0.